The van der Waals surface area contributed by atoms with Crippen LogP contribution in [-0.4, -0.2) is 57.0 Å². The van der Waals surface area contributed by atoms with Crippen molar-refractivity contribution < 1.29 is 14.3 Å². The maximum Gasteiger partial charge on any atom is 0.251 e. The lowest BCUT2D eigenvalue weighted by atomic mass is 10.2. The molecule has 1 unspecified atom stereocenters. The summed E-state index contributed by atoms with van der Waals surface area (Å²) in [5.74, 6) is -0.158. The van der Waals surface area contributed by atoms with Crippen molar-refractivity contribution >= 4 is 5.91 Å². The van der Waals surface area contributed by atoms with Crippen LogP contribution in [0, 0.1) is 0 Å². The van der Waals surface area contributed by atoms with Crippen LogP contribution in [0.5, 0.6) is 0 Å². The minimum atomic E-state index is -0.507. The van der Waals surface area contributed by atoms with E-state index < -0.39 is 6.04 Å². The van der Waals surface area contributed by atoms with E-state index >= 15 is 0 Å². The average Bonchev–Trinajstić information content (AvgIpc) is 2.27. The highest BCUT2D eigenvalue weighted by atomic mass is 16.5. The van der Waals surface area contributed by atoms with Gasteiger partial charge in [0.15, 0.2) is 0 Å². The van der Waals surface area contributed by atoms with Gasteiger partial charge in [-0.3, -0.25) is 10.2 Å². The van der Waals surface area contributed by atoms with Gasteiger partial charge in [-0.1, -0.05) is 0 Å². The molecule has 0 aromatic heterocycles. The van der Waals surface area contributed by atoms with Crippen LogP contribution < -0.4 is 11.2 Å². The molecule has 1 amide bonds. The minimum Gasteiger partial charge on any atom is -0.385 e. The highest BCUT2D eigenvalue weighted by molar-refractivity contribution is 5.80. The Morgan fingerprint density at radius 2 is 2.27 bits per heavy atom. The topological polar surface area (TPSA) is 76.8 Å². The number of nitrogens with one attached hydrogen (secondary N) is 1. The highest BCUT2D eigenvalue weighted by Gasteiger charge is 2.17. The molecule has 1 atom stereocenters. The maximum atomic E-state index is 11.5. The molecule has 6 heteroatoms. The third kappa shape index (κ3) is 4.57. The van der Waals surface area contributed by atoms with Crippen molar-refractivity contribution in [3.05, 3.63) is 0 Å². The van der Waals surface area contributed by atoms with E-state index in [1.54, 1.807) is 7.11 Å². The van der Waals surface area contributed by atoms with Crippen LogP contribution >= 0.6 is 0 Å². The number of amides is 1. The summed E-state index contributed by atoms with van der Waals surface area (Å²) < 4.78 is 10.0. The van der Waals surface area contributed by atoms with E-state index in [-0.39, 0.29) is 5.91 Å². The zero-order valence-electron chi connectivity index (χ0n) is 9.07. The van der Waals surface area contributed by atoms with Crippen LogP contribution in [0.25, 0.3) is 0 Å². The van der Waals surface area contributed by atoms with Crippen LogP contribution in [0.3, 0.4) is 0 Å². The van der Waals surface area contributed by atoms with E-state index in [4.69, 9.17) is 15.2 Å². The summed E-state index contributed by atoms with van der Waals surface area (Å²) in [6.45, 7) is 3.21. The lowest BCUT2D eigenvalue weighted by Crippen LogP contribution is -2.53. The third-order valence-electron chi connectivity index (χ3n) is 2.25. The van der Waals surface area contributed by atoms with Gasteiger partial charge in [0.1, 0.15) is 0 Å². The van der Waals surface area contributed by atoms with Gasteiger partial charge >= 0.3 is 0 Å². The molecule has 1 rings (SSSR count). The molecule has 1 aliphatic rings. The normalized spacial score (nSPS) is 19.9. The molecular weight excluding hydrogens is 198 g/mol. The van der Waals surface area contributed by atoms with Crippen molar-refractivity contribution in [2.45, 2.75) is 12.5 Å². The Kier molecular flexibility index (Phi) is 5.56. The fourth-order valence-electron chi connectivity index (χ4n) is 1.29. The predicted molar refractivity (Wildman–Crippen MR) is 55.0 cm³/mol. The Morgan fingerprint density at radius 1 is 1.60 bits per heavy atom. The number of carbonyl (C=O) groups excluding carboxylic acids is 1. The molecule has 1 fully saturated rings. The molecule has 6 nitrogen and oxygen atoms in total. The summed E-state index contributed by atoms with van der Waals surface area (Å²) in [6.07, 6.45) is 0.534. The van der Waals surface area contributed by atoms with Crippen molar-refractivity contribution in [3.63, 3.8) is 0 Å². The van der Waals surface area contributed by atoms with Gasteiger partial charge in [-0.05, 0) is 6.42 Å². The molecule has 0 aromatic rings. The van der Waals surface area contributed by atoms with Gasteiger partial charge in [-0.25, -0.2) is 5.01 Å². The Balaban J connectivity index is 2.20. The number of carbonyl (C=O) groups is 1. The molecule has 3 N–H and O–H groups in total. The van der Waals surface area contributed by atoms with E-state index in [9.17, 15) is 4.79 Å². The second kappa shape index (κ2) is 6.73. The maximum absolute atomic E-state index is 11.5. The van der Waals surface area contributed by atoms with Crippen LogP contribution in [-0.2, 0) is 14.3 Å². The zero-order valence-corrected chi connectivity index (χ0v) is 9.07. The molecule has 0 spiro atoms. The first-order chi connectivity index (χ1) is 7.24. The van der Waals surface area contributed by atoms with E-state index in [1.165, 1.54) is 0 Å². The van der Waals surface area contributed by atoms with E-state index in [2.05, 4.69) is 5.43 Å². The van der Waals surface area contributed by atoms with E-state index in [1.807, 2.05) is 5.01 Å². The number of hydrogen-bond donors (Lipinski definition) is 2. The quantitative estimate of drug-likeness (QED) is 0.599. The van der Waals surface area contributed by atoms with Gasteiger partial charge in [-0.2, -0.15) is 0 Å². The number of rotatable bonds is 5. The number of hydrogen-bond acceptors (Lipinski definition) is 5. The lowest BCUT2D eigenvalue weighted by molar-refractivity contribution is -0.129. The predicted octanol–water partition coefficient (Wildman–Crippen LogP) is -1.29. The van der Waals surface area contributed by atoms with Gasteiger partial charge < -0.3 is 15.2 Å². The zero-order chi connectivity index (χ0) is 11.1. The molecule has 0 aromatic carbocycles. The number of methoxy groups -OCH3 is 1. The first-order valence-electron chi connectivity index (χ1n) is 5.11. The number of hydrazine groups is 1. The molecule has 15 heavy (non-hydrogen) atoms. The van der Waals surface area contributed by atoms with Gasteiger partial charge in [0.05, 0.1) is 19.3 Å². The van der Waals surface area contributed by atoms with E-state index in [0.29, 0.717) is 39.3 Å². The summed E-state index contributed by atoms with van der Waals surface area (Å²) in [5.41, 5.74) is 8.43. The summed E-state index contributed by atoms with van der Waals surface area (Å²) in [4.78, 5) is 11.5. The number of morpholine rings is 1. The Labute approximate surface area is 89.7 Å². The summed E-state index contributed by atoms with van der Waals surface area (Å²) in [5, 5.41) is 1.83. The second-order valence-electron chi connectivity index (χ2n) is 3.46. The summed E-state index contributed by atoms with van der Waals surface area (Å²) in [7, 11) is 1.59. The van der Waals surface area contributed by atoms with Crippen molar-refractivity contribution in [1.82, 2.24) is 10.4 Å². The van der Waals surface area contributed by atoms with E-state index in [0.717, 1.165) is 0 Å². The highest BCUT2D eigenvalue weighted by Crippen LogP contribution is 1.94. The monoisotopic (exact) mass is 217 g/mol. The van der Waals surface area contributed by atoms with Crippen molar-refractivity contribution in [2.24, 2.45) is 5.73 Å². The first-order valence-corrected chi connectivity index (χ1v) is 5.11. The summed E-state index contributed by atoms with van der Waals surface area (Å²) >= 11 is 0. The number of ether oxygens (including phenoxy) is 2. The summed E-state index contributed by atoms with van der Waals surface area (Å²) in [6, 6.07) is -0.507. The molecule has 0 radical (unpaired) electrons. The standard InChI is InChI=1S/C9H19N3O3/c1-14-5-2-8(10)9(13)11-12-3-6-15-7-4-12/h8H,2-7,10H2,1H3,(H,11,13). The van der Waals surface area contributed by atoms with Crippen LogP contribution in [0.15, 0.2) is 0 Å². The lowest BCUT2D eigenvalue weighted by Gasteiger charge is -2.28. The molecule has 1 saturated heterocycles. The number of nitrogens with two attached hydrogens (primary N) is 1. The van der Waals surface area contributed by atoms with Crippen LogP contribution in [0.2, 0.25) is 0 Å². The Bertz CT molecular complexity index is 195. The largest absolute Gasteiger partial charge is 0.385 e. The van der Waals surface area contributed by atoms with Crippen LogP contribution in [0.1, 0.15) is 6.42 Å². The average molecular weight is 217 g/mol. The van der Waals surface area contributed by atoms with Crippen molar-refractivity contribution in [3.8, 4) is 0 Å². The Morgan fingerprint density at radius 3 is 2.87 bits per heavy atom. The van der Waals surface area contributed by atoms with Crippen molar-refractivity contribution in [2.75, 3.05) is 40.0 Å². The van der Waals surface area contributed by atoms with Gasteiger partial charge in [0.2, 0.25) is 0 Å². The smallest absolute Gasteiger partial charge is 0.251 e. The number of nitrogens with zero attached hydrogens (tertiary/aromatic N) is 1. The fraction of sp³-hybridized carbons (Fsp3) is 0.889. The van der Waals surface area contributed by atoms with Gasteiger partial charge in [0.25, 0.3) is 5.91 Å². The first kappa shape index (κ1) is 12.4. The SMILES string of the molecule is COCCC(N)C(=O)NN1CCOCC1. The molecule has 88 valence electrons. The molecule has 0 aliphatic carbocycles. The molecule has 1 heterocycles. The fourth-order valence-corrected chi connectivity index (χ4v) is 1.29. The second-order valence-corrected chi connectivity index (χ2v) is 3.46. The van der Waals surface area contributed by atoms with Gasteiger partial charge in [0, 0.05) is 26.8 Å². The van der Waals surface area contributed by atoms with Crippen molar-refractivity contribution in [1.29, 1.82) is 0 Å². The third-order valence-corrected chi connectivity index (χ3v) is 2.25. The Hall–Kier alpha value is -0.690. The molecule has 0 saturated carbocycles. The molecular formula is C9H19N3O3. The molecule has 1 aliphatic heterocycles. The van der Waals surface area contributed by atoms with Gasteiger partial charge in [-0.15, -0.1) is 0 Å². The molecule has 0 bridgehead atoms. The van der Waals surface area contributed by atoms with Crippen LogP contribution in [0.4, 0.5) is 0 Å². The minimum absolute atomic E-state index is 0.158.